The highest BCUT2D eigenvalue weighted by atomic mass is 32.2. The van der Waals surface area contributed by atoms with Gasteiger partial charge >= 0.3 is 0 Å². The number of rotatable bonds is 17. The lowest BCUT2D eigenvalue weighted by Gasteiger charge is -2.25. The van der Waals surface area contributed by atoms with Gasteiger partial charge in [-0.3, -0.25) is 9.59 Å². The average molecular weight is 430 g/mol. The highest BCUT2D eigenvalue weighted by molar-refractivity contribution is 8.00. The first-order valence-corrected chi connectivity index (χ1v) is 12.5. The third kappa shape index (κ3) is 12.5. The summed E-state index contributed by atoms with van der Waals surface area (Å²) < 4.78 is 0. The van der Waals surface area contributed by atoms with Crippen molar-refractivity contribution in [2.75, 3.05) is 39.5 Å². The Balaban J connectivity index is 2.11. The molecule has 0 aromatic rings. The Labute approximate surface area is 182 Å². The quantitative estimate of drug-likeness (QED) is 0.347. The molecule has 6 nitrogen and oxygen atoms in total. The van der Waals surface area contributed by atoms with E-state index in [1.165, 1.54) is 0 Å². The van der Waals surface area contributed by atoms with Gasteiger partial charge in [0.15, 0.2) is 0 Å². The number of hydrogen-bond donors (Lipinski definition) is 2. The van der Waals surface area contributed by atoms with E-state index in [1.807, 2.05) is 19.0 Å². The Hall–Kier alpha value is -0.790. The first-order chi connectivity index (χ1) is 13.9. The molecule has 7 heteroatoms. The summed E-state index contributed by atoms with van der Waals surface area (Å²) in [6.45, 7) is 4.42. The van der Waals surface area contributed by atoms with Crippen LogP contribution in [-0.2, 0) is 9.59 Å². The maximum atomic E-state index is 12.2. The normalized spacial score (nSPS) is 17.9. The topological polar surface area (TPSA) is 72.9 Å². The number of amides is 2. The summed E-state index contributed by atoms with van der Waals surface area (Å²) in [6.07, 6.45) is 10.4. The van der Waals surface area contributed by atoms with Crippen molar-refractivity contribution >= 4 is 23.6 Å². The molecular weight excluding hydrogens is 386 g/mol. The molecule has 1 heterocycles. The molecule has 0 bridgehead atoms. The van der Waals surface area contributed by atoms with Crippen LogP contribution in [-0.4, -0.2) is 77.7 Å². The fourth-order valence-electron chi connectivity index (χ4n) is 3.54. The summed E-state index contributed by atoms with van der Waals surface area (Å²) in [5, 5.41) is 13.3. The summed E-state index contributed by atoms with van der Waals surface area (Å²) in [7, 11) is 4.00. The fourth-order valence-corrected chi connectivity index (χ4v) is 4.77. The molecule has 1 aliphatic heterocycles. The number of aliphatic hydroxyl groups excluding tert-OH is 1. The van der Waals surface area contributed by atoms with Crippen LogP contribution >= 0.6 is 11.8 Å². The Morgan fingerprint density at radius 1 is 1.21 bits per heavy atom. The zero-order valence-electron chi connectivity index (χ0n) is 18.8. The molecule has 0 saturated carbocycles. The van der Waals surface area contributed by atoms with Crippen molar-refractivity contribution < 1.29 is 14.7 Å². The van der Waals surface area contributed by atoms with Gasteiger partial charge in [0.25, 0.3) is 0 Å². The third-order valence-corrected chi connectivity index (χ3v) is 6.69. The maximum Gasteiger partial charge on any atom is 0.233 e. The molecule has 1 saturated heterocycles. The summed E-state index contributed by atoms with van der Waals surface area (Å²) in [5.74, 6) is 0.937. The number of aliphatic hydroxyl groups is 1. The van der Waals surface area contributed by atoms with Crippen LogP contribution in [0.15, 0.2) is 0 Å². The van der Waals surface area contributed by atoms with Crippen molar-refractivity contribution in [1.82, 2.24) is 15.1 Å². The number of nitrogens with zero attached hydrogens (tertiary/aromatic N) is 2. The minimum Gasteiger partial charge on any atom is -0.393 e. The zero-order valence-corrected chi connectivity index (χ0v) is 19.6. The number of carbonyl (C=O) groups excluding carboxylic acids is 2. The summed E-state index contributed by atoms with van der Waals surface area (Å²) in [4.78, 5) is 28.0. The maximum absolute atomic E-state index is 12.2. The van der Waals surface area contributed by atoms with Crippen LogP contribution in [0.5, 0.6) is 0 Å². The molecule has 0 aliphatic carbocycles. The third-order valence-electron chi connectivity index (χ3n) is 5.40. The fraction of sp³-hybridized carbons (Fsp3) is 0.909. The van der Waals surface area contributed by atoms with Crippen molar-refractivity contribution in [2.24, 2.45) is 0 Å². The minimum absolute atomic E-state index is 0.146. The number of unbranched alkanes of at least 4 members (excludes halogenated alkanes) is 5. The second-order valence-electron chi connectivity index (χ2n) is 8.40. The Morgan fingerprint density at radius 3 is 2.69 bits per heavy atom. The zero-order chi connectivity index (χ0) is 21.5. The van der Waals surface area contributed by atoms with Gasteiger partial charge in [0, 0.05) is 26.1 Å². The van der Waals surface area contributed by atoms with E-state index in [0.29, 0.717) is 31.7 Å². The molecular formula is C22H43N3O3S. The first kappa shape index (κ1) is 26.2. The van der Waals surface area contributed by atoms with E-state index in [4.69, 9.17) is 0 Å². The van der Waals surface area contributed by atoms with Crippen LogP contribution in [0.3, 0.4) is 0 Å². The molecule has 0 aromatic heterocycles. The molecule has 2 unspecified atom stereocenters. The predicted octanol–water partition coefficient (Wildman–Crippen LogP) is 3.24. The van der Waals surface area contributed by atoms with Crippen molar-refractivity contribution in [3.8, 4) is 0 Å². The van der Waals surface area contributed by atoms with Gasteiger partial charge in [-0.15, -0.1) is 11.8 Å². The van der Waals surface area contributed by atoms with Gasteiger partial charge in [-0.2, -0.15) is 0 Å². The second-order valence-corrected chi connectivity index (χ2v) is 9.56. The average Bonchev–Trinajstić information content (AvgIpc) is 3.02. The minimum atomic E-state index is -0.288. The van der Waals surface area contributed by atoms with Crippen LogP contribution in [0.2, 0.25) is 0 Å². The van der Waals surface area contributed by atoms with E-state index < -0.39 is 0 Å². The number of carbonyl (C=O) groups is 2. The van der Waals surface area contributed by atoms with Gasteiger partial charge in [0.05, 0.1) is 17.2 Å². The van der Waals surface area contributed by atoms with Crippen LogP contribution < -0.4 is 5.32 Å². The van der Waals surface area contributed by atoms with Crippen LogP contribution in [0.1, 0.15) is 77.6 Å². The largest absolute Gasteiger partial charge is 0.393 e. The van der Waals surface area contributed by atoms with E-state index in [0.717, 1.165) is 64.3 Å². The molecule has 2 atom stereocenters. The van der Waals surface area contributed by atoms with E-state index in [9.17, 15) is 14.7 Å². The lowest BCUT2D eigenvalue weighted by molar-refractivity contribution is -0.128. The number of hydrogen-bond acceptors (Lipinski definition) is 5. The van der Waals surface area contributed by atoms with Crippen molar-refractivity contribution in [1.29, 1.82) is 0 Å². The molecule has 0 radical (unpaired) electrons. The lowest BCUT2D eigenvalue weighted by Crippen LogP contribution is -2.35. The highest BCUT2D eigenvalue weighted by Crippen LogP contribution is 2.29. The molecule has 2 amide bonds. The SMILES string of the molecule is CCCCCC(O)CCN1C(=O)CSC1CCCCCCC(=O)NCCN(C)C. The van der Waals surface area contributed by atoms with Gasteiger partial charge in [-0.05, 0) is 39.8 Å². The molecule has 170 valence electrons. The summed E-state index contributed by atoms with van der Waals surface area (Å²) in [5.41, 5.74) is 0. The van der Waals surface area contributed by atoms with Gasteiger partial charge in [0.1, 0.15) is 0 Å². The van der Waals surface area contributed by atoms with E-state index >= 15 is 0 Å². The van der Waals surface area contributed by atoms with Crippen LogP contribution in [0.25, 0.3) is 0 Å². The lowest BCUT2D eigenvalue weighted by atomic mass is 10.1. The molecule has 0 aromatic carbocycles. The van der Waals surface area contributed by atoms with Crippen molar-refractivity contribution in [2.45, 2.75) is 89.0 Å². The van der Waals surface area contributed by atoms with E-state index in [2.05, 4.69) is 17.1 Å². The Kier molecular flexibility index (Phi) is 14.5. The standard InChI is InChI=1S/C22H43N3O3S/c1-4-5-8-11-19(26)14-16-25-21(28)18-29-22(25)13-10-7-6-9-12-20(27)23-15-17-24(2)3/h19,22,26H,4-18H2,1-3H3,(H,23,27). The van der Waals surface area contributed by atoms with E-state index in [1.54, 1.807) is 11.8 Å². The smallest absolute Gasteiger partial charge is 0.233 e. The first-order valence-electron chi connectivity index (χ1n) is 11.4. The van der Waals surface area contributed by atoms with Crippen LogP contribution in [0, 0.1) is 0 Å². The number of thioether (sulfide) groups is 1. The second kappa shape index (κ2) is 16.0. The molecule has 2 N–H and O–H groups in total. The van der Waals surface area contributed by atoms with Gasteiger partial charge in [-0.25, -0.2) is 0 Å². The summed E-state index contributed by atoms with van der Waals surface area (Å²) >= 11 is 1.74. The van der Waals surface area contributed by atoms with Gasteiger partial charge < -0.3 is 20.2 Å². The molecule has 1 aliphatic rings. The Morgan fingerprint density at radius 2 is 1.97 bits per heavy atom. The van der Waals surface area contributed by atoms with Gasteiger partial charge in [-0.1, -0.05) is 45.4 Å². The van der Waals surface area contributed by atoms with Gasteiger partial charge in [0.2, 0.25) is 11.8 Å². The molecule has 1 fully saturated rings. The predicted molar refractivity (Wildman–Crippen MR) is 122 cm³/mol. The van der Waals surface area contributed by atoms with E-state index in [-0.39, 0.29) is 23.3 Å². The highest BCUT2D eigenvalue weighted by Gasteiger charge is 2.30. The molecule has 0 spiro atoms. The number of nitrogens with one attached hydrogen (secondary N) is 1. The molecule has 29 heavy (non-hydrogen) atoms. The summed E-state index contributed by atoms with van der Waals surface area (Å²) in [6, 6.07) is 0. The number of likely N-dealkylation sites (N-methyl/N-ethyl adjacent to an activating group) is 1. The van der Waals surface area contributed by atoms with Crippen molar-refractivity contribution in [3.63, 3.8) is 0 Å². The van der Waals surface area contributed by atoms with Crippen molar-refractivity contribution in [3.05, 3.63) is 0 Å². The Bertz CT molecular complexity index is 463. The monoisotopic (exact) mass is 429 g/mol. The van der Waals surface area contributed by atoms with Crippen LogP contribution in [0.4, 0.5) is 0 Å². The molecule has 1 rings (SSSR count).